The van der Waals surface area contributed by atoms with Crippen LogP contribution in [0.4, 0.5) is 5.69 Å². The van der Waals surface area contributed by atoms with E-state index in [1.54, 1.807) is 0 Å². The Kier molecular flexibility index (Phi) is 3.06. The number of benzene rings is 1. The van der Waals surface area contributed by atoms with Crippen LogP contribution in [0.3, 0.4) is 0 Å². The standard InChI is InChI=1S/C14H19N3O2/c1-17(9-2-5-11(18)6-3-9)10-4-7-12-13(8-10)16-14(19)15-12/h4,7-9,11,18H,2-3,5-6H2,1H3,(H2,15,16,19). The van der Waals surface area contributed by atoms with Crippen molar-refractivity contribution in [3.8, 4) is 0 Å². The Hall–Kier alpha value is -1.75. The maximum atomic E-state index is 11.3. The maximum absolute atomic E-state index is 11.3. The number of aliphatic hydroxyl groups is 1. The summed E-state index contributed by atoms with van der Waals surface area (Å²) < 4.78 is 0. The number of fused-ring (bicyclic) bond motifs is 1. The van der Waals surface area contributed by atoms with Crippen molar-refractivity contribution in [1.29, 1.82) is 0 Å². The molecule has 0 bridgehead atoms. The van der Waals surface area contributed by atoms with Gasteiger partial charge in [0.25, 0.3) is 0 Å². The predicted octanol–water partition coefficient (Wildman–Crippen LogP) is 1.60. The number of hydrogen-bond acceptors (Lipinski definition) is 3. The van der Waals surface area contributed by atoms with Crippen LogP contribution in [0.25, 0.3) is 11.0 Å². The average molecular weight is 261 g/mol. The zero-order valence-electron chi connectivity index (χ0n) is 11.0. The molecule has 1 aromatic carbocycles. The molecule has 3 N–H and O–H groups in total. The average Bonchev–Trinajstić information content (AvgIpc) is 2.77. The lowest BCUT2D eigenvalue weighted by molar-refractivity contribution is 0.122. The molecule has 19 heavy (non-hydrogen) atoms. The van der Waals surface area contributed by atoms with Gasteiger partial charge in [-0.1, -0.05) is 0 Å². The van der Waals surface area contributed by atoms with Crippen LogP contribution < -0.4 is 10.6 Å². The molecular weight excluding hydrogens is 242 g/mol. The number of rotatable bonds is 2. The number of imidazole rings is 1. The first-order valence-electron chi connectivity index (χ1n) is 6.76. The number of H-pyrrole nitrogens is 2. The van der Waals surface area contributed by atoms with Crippen molar-refractivity contribution >= 4 is 16.7 Å². The molecule has 0 amide bonds. The molecule has 5 heteroatoms. The molecule has 0 spiro atoms. The van der Waals surface area contributed by atoms with E-state index in [9.17, 15) is 9.90 Å². The van der Waals surface area contributed by atoms with Crippen molar-refractivity contribution in [2.75, 3.05) is 11.9 Å². The van der Waals surface area contributed by atoms with Crippen LogP contribution in [0.5, 0.6) is 0 Å². The zero-order chi connectivity index (χ0) is 13.4. The fourth-order valence-electron chi connectivity index (χ4n) is 2.90. The molecule has 0 aliphatic heterocycles. The Morgan fingerprint density at radius 3 is 2.58 bits per heavy atom. The number of aliphatic hydroxyl groups excluding tert-OH is 1. The van der Waals surface area contributed by atoms with Gasteiger partial charge in [0.15, 0.2) is 0 Å². The van der Waals surface area contributed by atoms with Gasteiger partial charge >= 0.3 is 5.69 Å². The fourth-order valence-corrected chi connectivity index (χ4v) is 2.90. The summed E-state index contributed by atoms with van der Waals surface area (Å²) >= 11 is 0. The lowest BCUT2D eigenvalue weighted by atomic mass is 9.92. The van der Waals surface area contributed by atoms with E-state index in [2.05, 4.69) is 21.9 Å². The lowest BCUT2D eigenvalue weighted by Crippen LogP contribution is -2.36. The molecule has 1 fully saturated rings. The smallest absolute Gasteiger partial charge is 0.323 e. The van der Waals surface area contributed by atoms with Crippen LogP contribution in [0, 0.1) is 0 Å². The van der Waals surface area contributed by atoms with E-state index in [-0.39, 0.29) is 11.8 Å². The molecule has 2 aromatic rings. The second-order valence-electron chi connectivity index (χ2n) is 5.38. The minimum atomic E-state index is -0.171. The zero-order valence-corrected chi connectivity index (χ0v) is 11.0. The van der Waals surface area contributed by atoms with Crippen LogP contribution in [0.1, 0.15) is 25.7 Å². The Morgan fingerprint density at radius 2 is 1.84 bits per heavy atom. The number of nitrogens with zero attached hydrogens (tertiary/aromatic N) is 1. The van der Waals surface area contributed by atoms with Gasteiger partial charge in [-0.2, -0.15) is 0 Å². The van der Waals surface area contributed by atoms with Crippen LogP contribution in [0.2, 0.25) is 0 Å². The van der Waals surface area contributed by atoms with Gasteiger partial charge in [-0.3, -0.25) is 0 Å². The van der Waals surface area contributed by atoms with Crippen LogP contribution in [-0.4, -0.2) is 34.3 Å². The fraction of sp³-hybridized carbons (Fsp3) is 0.500. The number of aromatic nitrogens is 2. The van der Waals surface area contributed by atoms with Crippen LogP contribution in [-0.2, 0) is 0 Å². The molecule has 1 heterocycles. The number of aromatic amines is 2. The Balaban J connectivity index is 1.84. The molecule has 0 unspecified atom stereocenters. The highest BCUT2D eigenvalue weighted by molar-refractivity contribution is 5.79. The second kappa shape index (κ2) is 4.74. The monoisotopic (exact) mass is 261 g/mol. The Bertz CT molecular complexity index is 623. The summed E-state index contributed by atoms with van der Waals surface area (Å²) in [5, 5.41) is 9.56. The van der Waals surface area contributed by atoms with Crippen molar-refractivity contribution in [3.63, 3.8) is 0 Å². The van der Waals surface area contributed by atoms with Gasteiger partial charge in [-0.25, -0.2) is 4.79 Å². The third kappa shape index (κ3) is 2.38. The van der Waals surface area contributed by atoms with E-state index in [1.165, 1.54) is 0 Å². The summed E-state index contributed by atoms with van der Waals surface area (Å²) in [5.74, 6) is 0. The Morgan fingerprint density at radius 1 is 1.16 bits per heavy atom. The first-order chi connectivity index (χ1) is 9.13. The van der Waals surface area contributed by atoms with Gasteiger partial charge in [0.1, 0.15) is 0 Å². The first-order valence-corrected chi connectivity index (χ1v) is 6.76. The Labute approximate surface area is 111 Å². The van der Waals surface area contributed by atoms with E-state index in [1.807, 2.05) is 18.2 Å². The number of hydrogen-bond donors (Lipinski definition) is 3. The molecule has 1 aromatic heterocycles. The summed E-state index contributed by atoms with van der Waals surface area (Å²) in [6.45, 7) is 0. The van der Waals surface area contributed by atoms with E-state index in [4.69, 9.17) is 0 Å². The normalized spacial score (nSPS) is 23.7. The molecular formula is C14H19N3O2. The third-order valence-electron chi connectivity index (χ3n) is 4.12. The summed E-state index contributed by atoms with van der Waals surface area (Å²) in [6.07, 6.45) is 3.64. The molecule has 0 saturated heterocycles. The van der Waals surface area contributed by atoms with E-state index in [0.29, 0.717) is 6.04 Å². The van der Waals surface area contributed by atoms with Crippen LogP contribution in [0.15, 0.2) is 23.0 Å². The van der Waals surface area contributed by atoms with Gasteiger partial charge < -0.3 is 20.0 Å². The summed E-state index contributed by atoms with van der Waals surface area (Å²) in [7, 11) is 2.08. The molecule has 1 saturated carbocycles. The second-order valence-corrected chi connectivity index (χ2v) is 5.38. The van der Waals surface area contributed by atoms with Gasteiger partial charge in [0.2, 0.25) is 0 Å². The minimum Gasteiger partial charge on any atom is -0.393 e. The van der Waals surface area contributed by atoms with Gasteiger partial charge in [-0.05, 0) is 43.9 Å². The number of nitrogens with one attached hydrogen (secondary N) is 2. The van der Waals surface area contributed by atoms with E-state index < -0.39 is 0 Å². The van der Waals surface area contributed by atoms with Gasteiger partial charge in [-0.15, -0.1) is 0 Å². The van der Waals surface area contributed by atoms with Gasteiger partial charge in [0.05, 0.1) is 17.1 Å². The predicted molar refractivity (Wildman–Crippen MR) is 75.6 cm³/mol. The highest BCUT2D eigenvalue weighted by Crippen LogP contribution is 2.27. The molecule has 0 radical (unpaired) electrons. The minimum absolute atomic E-state index is 0.131. The summed E-state index contributed by atoms with van der Waals surface area (Å²) in [4.78, 5) is 19.0. The topological polar surface area (TPSA) is 72.1 Å². The molecule has 0 atom stereocenters. The van der Waals surface area contributed by atoms with Crippen LogP contribution >= 0.6 is 0 Å². The van der Waals surface area contributed by atoms with Crippen molar-refractivity contribution in [1.82, 2.24) is 9.97 Å². The molecule has 1 aliphatic rings. The largest absolute Gasteiger partial charge is 0.393 e. The summed E-state index contributed by atoms with van der Waals surface area (Å²) in [6, 6.07) is 6.41. The number of anilines is 1. The lowest BCUT2D eigenvalue weighted by Gasteiger charge is -2.34. The van der Waals surface area contributed by atoms with E-state index in [0.717, 1.165) is 42.4 Å². The first kappa shape index (κ1) is 12.3. The molecule has 102 valence electrons. The highest BCUT2D eigenvalue weighted by Gasteiger charge is 2.23. The molecule has 5 nitrogen and oxygen atoms in total. The highest BCUT2D eigenvalue weighted by atomic mass is 16.3. The molecule has 3 rings (SSSR count). The SMILES string of the molecule is CN(c1ccc2[nH]c(=O)[nH]c2c1)C1CCC(O)CC1. The quantitative estimate of drug-likeness (QED) is 0.769. The van der Waals surface area contributed by atoms with Crippen molar-refractivity contribution in [2.45, 2.75) is 37.8 Å². The summed E-state index contributed by atoms with van der Waals surface area (Å²) in [5.41, 5.74) is 2.60. The molecule has 1 aliphatic carbocycles. The maximum Gasteiger partial charge on any atom is 0.323 e. The van der Waals surface area contributed by atoms with Crippen molar-refractivity contribution in [2.24, 2.45) is 0 Å². The van der Waals surface area contributed by atoms with E-state index >= 15 is 0 Å². The van der Waals surface area contributed by atoms with Crippen molar-refractivity contribution in [3.05, 3.63) is 28.7 Å². The third-order valence-corrected chi connectivity index (χ3v) is 4.12. The van der Waals surface area contributed by atoms with Crippen molar-refractivity contribution < 1.29 is 5.11 Å². The van der Waals surface area contributed by atoms with Gasteiger partial charge in [0, 0.05) is 18.8 Å².